The third-order valence-corrected chi connectivity index (χ3v) is 4.84. The summed E-state index contributed by atoms with van der Waals surface area (Å²) < 4.78 is 25.1. The van der Waals surface area contributed by atoms with Crippen molar-refractivity contribution in [3.8, 4) is 0 Å². The van der Waals surface area contributed by atoms with Crippen LogP contribution in [0, 0.1) is 5.92 Å². The van der Waals surface area contributed by atoms with Gasteiger partial charge in [0.2, 0.25) is 0 Å². The van der Waals surface area contributed by atoms with Gasteiger partial charge in [-0.05, 0) is 26.7 Å². The van der Waals surface area contributed by atoms with Crippen LogP contribution in [0.4, 0.5) is 0 Å². The Balaban J connectivity index is 2.33. The lowest BCUT2D eigenvalue weighted by Crippen LogP contribution is -2.30. The van der Waals surface area contributed by atoms with Gasteiger partial charge in [-0.25, -0.2) is 13.6 Å². The van der Waals surface area contributed by atoms with Crippen LogP contribution in [0.5, 0.6) is 0 Å². The Morgan fingerprint density at radius 2 is 1.71 bits per heavy atom. The molecule has 1 aliphatic carbocycles. The average molecular weight is 314 g/mol. The van der Waals surface area contributed by atoms with E-state index < -0.39 is 15.6 Å². The fourth-order valence-corrected chi connectivity index (χ4v) is 3.91. The van der Waals surface area contributed by atoms with Crippen molar-refractivity contribution in [2.45, 2.75) is 76.4 Å². The number of nitrogens with two attached hydrogens (primary N) is 1. The summed E-state index contributed by atoms with van der Waals surface area (Å²) in [4.78, 5) is 0. The van der Waals surface area contributed by atoms with Crippen LogP contribution >= 0.6 is 0 Å². The van der Waals surface area contributed by atoms with E-state index in [4.69, 9.17) is 5.14 Å². The van der Waals surface area contributed by atoms with Crippen LogP contribution in [0.2, 0.25) is 0 Å². The maximum Gasteiger partial charge on any atom is 0.273 e. The number of nitrogens with zero attached hydrogens (tertiary/aromatic N) is 3. The minimum Gasteiger partial charge on any atom is -0.295 e. The minimum atomic E-state index is -3.85. The molecule has 21 heavy (non-hydrogen) atoms. The van der Waals surface area contributed by atoms with Gasteiger partial charge in [-0.2, -0.15) is 0 Å². The predicted molar refractivity (Wildman–Crippen MR) is 81.3 cm³/mol. The Hall–Kier alpha value is -0.950. The first kappa shape index (κ1) is 16.4. The van der Waals surface area contributed by atoms with Crippen molar-refractivity contribution in [1.82, 2.24) is 14.8 Å². The Kier molecular flexibility index (Phi) is 4.72. The van der Waals surface area contributed by atoms with Crippen molar-refractivity contribution in [3.63, 3.8) is 0 Å². The maximum atomic E-state index is 11.7. The molecule has 1 aromatic rings. The average Bonchev–Trinajstić information content (AvgIpc) is 2.60. The number of hydrogen-bond acceptors (Lipinski definition) is 4. The molecule has 1 saturated carbocycles. The highest BCUT2D eigenvalue weighted by Crippen LogP contribution is 2.28. The van der Waals surface area contributed by atoms with Crippen molar-refractivity contribution in [2.75, 3.05) is 0 Å². The molecule has 2 rings (SSSR count). The van der Waals surface area contributed by atoms with Crippen LogP contribution in [-0.2, 0) is 22.0 Å². The molecule has 1 aliphatic rings. The SMILES string of the molecule is CC(C)(C)n1c(CC2CCCCCC2)nnc1S(N)(=O)=O. The van der Waals surface area contributed by atoms with Gasteiger partial charge in [0.15, 0.2) is 0 Å². The van der Waals surface area contributed by atoms with E-state index in [-0.39, 0.29) is 5.16 Å². The summed E-state index contributed by atoms with van der Waals surface area (Å²) in [6, 6.07) is 0. The molecule has 0 bridgehead atoms. The van der Waals surface area contributed by atoms with Crippen LogP contribution < -0.4 is 5.14 Å². The lowest BCUT2D eigenvalue weighted by Gasteiger charge is -2.25. The standard InChI is InChI=1S/C14H26N4O2S/c1-14(2,3)18-12(16-17-13(18)21(15,19)20)10-11-8-6-4-5-7-9-11/h11H,4-10H2,1-3H3,(H2,15,19,20). The fourth-order valence-electron chi connectivity index (χ4n) is 3.12. The second-order valence-electron chi connectivity index (χ2n) is 7.01. The Morgan fingerprint density at radius 3 is 2.19 bits per heavy atom. The van der Waals surface area contributed by atoms with Gasteiger partial charge in [0, 0.05) is 12.0 Å². The number of hydrogen-bond donors (Lipinski definition) is 1. The highest BCUT2D eigenvalue weighted by Gasteiger charge is 2.29. The zero-order chi connectivity index (χ0) is 15.7. The van der Waals surface area contributed by atoms with Crippen molar-refractivity contribution in [1.29, 1.82) is 0 Å². The lowest BCUT2D eigenvalue weighted by molar-refractivity contribution is 0.335. The number of sulfonamides is 1. The van der Waals surface area contributed by atoms with Crippen molar-refractivity contribution in [2.24, 2.45) is 11.1 Å². The zero-order valence-electron chi connectivity index (χ0n) is 13.2. The predicted octanol–water partition coefficient (Wildman–Crippen LogP) is 2.19. The molecule has 0 aromatic carbocycles. The molecule has 120 valence electrons. The Labute approximate surface area is 127 Å². The molecule has 1 fully saturated rings. The van der Waals surface area contributed by atoms with Crippen molar-refractivity contribution < 1.29 is 8.42 Å². The zero-order valence-corrected chi connectivity index (χ0v) is 14.0. The first-order chi connectivity index (χ1) is 9.69. The van der Waals surface area contributed by atoms with Gasteiger partial charge in [-0.15, -0.1) is 10.2 Å². The van der Waals surface area contributed by atoms with E-state index in [0.717, 1.165) is 12.2 Å². The Morgan fingerprint density at radius 1 is 1.14 bits per heavy atom. The van der Waals surface area contributed by atoms with E-state index in [1.807, 2.05) is 20.8 Å². The third kappa shape index (κ3) is 4.03. The van der Waals surface area contributed by atoms with Crippen LogP contribution in [0.3, 0.4) is 0 Å². The fraction of sp³-hybridized carbons (Fsp3) is 0.857. The first-order valence-corrected chi connectivity index (χ1v) is 9.22. The summed E-state index contributed by atoms with van der Waals surface area (Å²) in [5.74, 6) is 1.30. The van der Waals surface area contributed by atoms with Gasteiger partial charge in [-0.1, -0.05) is 38.5 Å². The van der Waals surface area contributed by atoms with E-state index in [9.17, 15) is 8.42 Å². The molecule has 2 N–H and O–H groups in total. The third-order valence-electron chi connectivity index (χ3n) is 4.07. The smallest absolute Gasteiger partial charge is 0.273 e. The highest BCUT2D eigenvalue weighted by molar-refractivity contribution is 7.89. The first-order valence-electron chi connectivity index (χ1n) is 7.67. The molecular formula is C14H26N4O2S. The molecular weight excluding hydrogens is 288 g/mol. The second-order valence-corrected chi connectivity index (χ2v) is 8.47. The van der Waals surface area contributed by atoms with Crippen molar-refractivity contribution in [3.05, 3.63) is 5.82 Å². The normalized spacial score (nSPS) is 18.7. The molecule has 7 heteroatoms. The maximum absolute atomic E-state index is 11.7. The molecule has 1 heterocycles. The molecule has 0 atom stereocenters. The molecule has 1 aromatic heterocycles. The quantitative estimate of drug-likeness (QED) is 0.866. The largest absolute Gasteiger partial charge is 0.295 e. The minimum absolute atomic E-state index is 0.126. The summed E-state index contributed by atoms with van der Waals surface area (Å²) in [5.41, 5.74) is -0.411. The molecule has 0 radical (unpaired) electrons. The van der Waals surface area contributed by atoms with Gasteiger partial charge < -0.3 is 0 Å². The molecule has 0 saturated heterocycles. The molecule has 6 nitrogen and oxygen atoms in total. The van der Waals surface area contributed by atoms with E-state index in [0.29, 0.717) is 5.92 Å². The number of primary sulfonamides is 1. The molecule has 0 unspecified atom stereocenters. The van der Waals surface area contributed by atoms with E-state index in [1.165, 1.54) is 38.5 Å². The van der Waals surface area contributed by atoms with Gasteiger partial charge in [0.05, 0.1) is 0 Å². The highest BCUT2D eigenvalue weighted by atomic mass is 32.2. The molecule has 0 spiro atoms. The van der Waals surface area contributed by atoms with Gasteiger partial charge >= 0.3 is 0 Å². The Bertz CT molecular complexity index is 579. The van der Waals surface area contributed by atoms with E-state index in [1.54, 1.807) is 4.57 Å². The number of aromatic nitrogens is 3. The van der Waals surface area contributed by atoms with Gasteiger partial charge in [-0.3, -0.25) is 4.57 Å². The van der Waals surface area contributed by atoms with Gasteiger partial charge in [0.25, 0.3) is 15.2 Å². The van der Waals surface area contributed by atoms with E-state index in [2.05, 4.69) is 10.2 Å². The molecule has 0 aliphatic heterocycles. The summed E-state index contributed by atoms with van der Waals surface area (Å²) in [6.07, 6.45) is 8.23. The van der Waals surface area contributed by atoms with Gasteiger partial charge in [0.1, 0.15) is 5.82 Å². The summed E-state index contributed by atoms with van der Waals surface area (Å²) >= 11 is 0. The van der Waals surface area contributed by atoms with Crippen LogP contribution in [0.25, 0.3) is 0 Å². The number of rotatable bonds is 3. The molecule has 0 amide bonds. The van der Waals surface area contributed by atoms with Crippen molar-refractivity contribution >= 4 is 10.0 Å². The second kappa shape index (κ2) is 6.04. The topological polar surface area (TPSA) is 90.9 Å². The van der Waals surface area contributed by atoms with E-state index >= 15 is 0 Å². The monoisotopic (exact) mass is 314 g/mol. The summed E-state index contributed by atoms with van der Waals surface area (Å²) in [5, 5.41) is 13.1. The van der Waals surface area contributed by atoms with Crippen LogP contribution in [0.1, 0.15) is 65.1 Å². The summed E-state index contributed by atoms with van der Waals surface area (Å²) in [7, 11) is -3.85. The van der Waals surface area contributed by atoms with Crippen LogP contribution in [-0.4, -0.2) is 23.2 Å². The summed E-state index contributed by atoms with van der Waals surface area (Å²) in [6.45, 7) is 5.84. The van der Waals surface area contributed by atoms with Crippen LogP contribution in [0.15, 0.2) is 5.16 Å². The lowest BCUT2D eigenvalue weighted by atomic mass is 9.96.